The lowest BCUT2D eigenvalue weighted by Gasteiger charge is -2.10. The number of hydrogen-bond acceptors (Lipinski definition) is 5. The third-order valence-corrected chi connectivity index (χ3v) is 4.17. The average molecular weight is 395 g/mol. The molecule has 0 atom stereocenters. The van der Waals surface area contributed by atoms with Gasteiger partial charge in [-0.15, -0.1) is 0 Å². The lowest BCUT2D eigenvalue weighted by atomic mass is 10.1. The molecular formula is C21H18FN3O4. The minimum atomic E-state index is -0.562. The highest BCUT2D eigenvalue weighted by Crippen LogP contribution is 2.24. The Kier molecular flexibility index (Phi) is 5.82. The third-order valence-electron chi connectivity index (χ3n) is 4.17. The highest BCUT2D eigenvalue weighted by Gasteiger charge is 2.12. The summed E-state index contributed by atoms with van der Waals surface area (Å²) in [5.41, 5.74) is 0.753. The fraction of sp³-hybridized carbons (Fsp3) is 0.143. The van der Waals surface area contributed by atoms with E-state index in [9.17, 15) is 18.8 Å². The monoisotopic (exact) mass is 395 g/mol. The minimum Gasteiger partial charge on any atom is -0.497 e. The summed E-state index contributed by atoms with van der Waals surface area (Å²) in [6, 6.07) is 13.3. The van der Waals surface area contributed by atoms with E-state index in [1.807, 2.05) is 0 Å². The molecule has 3 aromatic rings. The summed E-state index contributed by atoms with van der Waals surface area (Å²) in [7, 11) is 1.43. The molecule has 0 aliphatic carbocycles. The first-order valence-electron chi connectivity index (χ1n) is 8.70. The minimum absolute atomic E-state index is 0.131. The zero-order valence-electron chi connectivity index (χ0n) is 15.8. The van der Waals surface area contributed by atoms with Gasteiger partial charge < -0.3 is 10.1 Å². The molecule has 2 aromatic carbocycles. The van der Waals surface area contributed by atoms with E-state index in [-0.39, 0.29) is 23.6 Å². The van der Waals surface area contributed by atoms with Gasteiger partial charge in [-0.1, -0.05) is 12.1 Å². The number of amides is 1. The molecule has 0 spiro atoms. The van der Waals surface area contributed by atoms with Crippen LogP contribution in [0.1, 0.15) is 17.3 Å². The van der Waals surface area contributed by atoms with Crippen LogP contribution in [0.3, 0.4) is 0 Å². The van der Waals surface area contributed by atoms with Gasteiger partial charge in [0.15, 0.2) is 5.78 Å². The zero-order chi connectivity index (χ0) is 21.0. The third kappa shape index (κ3) is 4.73. The summed E-state index contributed by atoms with van der Waals surface area (Å²) < 4.78 is 20.2. The van der Waals surface area contributed by atoms with Crippen molar-refractivity contribution in [2.24, 2.45) is 0 Å². The van der Waals surface area contributed by atoms with E-state index in [1.165, 1.54) is 38.3 Å². The average Bonchev–Trinajstić information content (AvgIpc) is 2.69. The molecule has 8 heteroatoms. The fourth-order valence-corrected chi connectivity index (χ4v) is 2.69. The molecular weight excluding hydrogens is 377 g/mol. The van der Waals surface area contributed by atoms with Gasteiger partial charge in [0.05, 0.1) is 12.8 Å². The SMILES string of the molecule is COc1ccc(-c2ccc(=O)n(CC(=O)Nc3cccc(C(C)=O)c3)n2)c(F)c1. The number of anilines is 1. The molecule has 1 amide bonds. The lowest BCUT2D eigenvalue weighted by Crippen LogP contribution is -2.29. The van der Waals surface area contributed by atoms with E-state index in [1.54, 1.807) is 30.3 Å². The topological polar surface area (TPSA) is 90.3 Å². The summed E-state index contributed by atoms with van der Waals surface area (Å²) in [6.07, 6.45) is 0. The first-order chi connectivity index (χ1) is 13.9. The van der Waals surface area contributed by atoms with Crippen LogP contribution in [0.15, 0.2) is 59.4 Å². The number of hydrogen-bond donors (Lipinski definition) is 1. The van der Waals surface area contributed by atoms with Crippen molar-refractivity contribution in [1.82, 2.24) is 9.78 Å². The van der Waals surface area contributed by atoms with Crippen molar-refractivity contribution >= 4 is 17.4 Å². The molecule has 0 aliphatic rings. The van der Waals surface area contributed by atoms with Gasteiger partial charge in [0.1, 0.15) is 18.1 Å². The normalized spacial score (nSPS) is 10.4. The Balaban J connectivity index is 1.82. The maximum atomic E-state index is 14.3. The predicted molar refractivity (Wildman–Crippen MR) is 106 cm³/mol. The Bertz CT molecular complexity index is 1140. The smallest absolute Gasteiger partial charge is 0.267 e. The number of nitrogens with zero attached hydrogens (tertiary/aromatic N) is 2. The number of ketones is 1. The molecule has 0 saturated carbocycles. The Morgan fingerprint density at radius 3 is 2.62 bits per heavy atom. The van der Waals surface area contributed by atoms with Crippen molar-refractivity contribution in [3.8, 4) is 17.0 Å². The molecule has 0 bridgehead atoms. The van der Waals surface area contributed by atoms with Gasteiger partial charge in [0, 0.05) is 28.9 Å². The number of aromatic nitrogens is 2. The van der Waals surface area contributed by atoms with E-state index < -0.39 is 17.3 Å². The highest BCUT2D eigenvalue weighted by molar-refractivity contribution is 5.97. The maximum Gasteiger partial charge on any atom is 0.267 e. The molecule has 1 N–H and O–H groups in total. The molecule has 148 valence electrons. The first-order valence-corrected chi connectivity index (χ1v) is 8.70. The van der Waals surface area contributed by atoms with Gasteiger partial charge in [-0.2, -0.15) is 5.10 Å². The molecule has 0 radical (unpaired) electrons. The largest absolute Gasteiger partial charge is 0.497 e. The quantitative estimate of drug-likeness (QED) is 0.648. The van der Waals surface area contributed by atoms with Crippen molar-refractivity contribution in [2.45, 2.75) is 13.5 Å². The fourth-order valence-electron chi connectivity index (χ4n) is 2.69. The summed E-state index contributed by atoms with van der Waals surface area (Å²) in [6.45, 7) is 1.06. The molecule has 29 heavy (non-hydrogen) atoms. The van der Waals surface area contributed by atoms with E-state index in [4.69, 9.17) is 4.74 Å². The van der Waals surface area contributed by atoms with Crippen molar-refractivity contribution < 1.29 is 18.7 Å². The Labute approximate surface area is 165 Å². The van der Waals surface area contributed by atoms with Gasteiger partial charge in [-0.3, -0.25) is 14.4 Å². The first kappa shape index (κ1) is 19.9. The van der Waals surface area contributed by atoms with Crippen molar-refractivity contribution in [3.63, 3.8) is 0 Å². The van der Waals surface area contributed by atoms with E-state index >= 15 is 0 Å². The molecule has 0 aliphatic heterocycles. The number of halogens is 1. The van der Waals surface area contributed by atoms with Crippen LogP contribution in [0.4, 0.5) is 10.1 Å². The second kappa shape index (κ2) is 8.47. The van der Waals surface area contributed by atoms with Crippen molar-refractivity contribution in [2.75, 3.05) is 12.4 Å². The second-order valence-corrected chi connectivity index (χ2v) is 6.25. The summed E-state index contributed by atoms with van der Waals surface area (Å²) >= 11 is 0. The summed E-state index contributed by atoms with van der Waals surface area (Å²) in [4.78, 5) is 35.9. The van der Waals surface area contributed by atoms with Crippen molar-refractivity contribution in [3.05, 3.63) is 76.3 Å². The predicted octanol–water partition coefficient (Wildman–Crippen LogP) is 2.90. The van der Waals surface area contributed by atoms with Crippen molar-refractivity contribution in [1.29, 1.82) is 0 Å². The van der Waals surface area contributed by atoms with Crippen LogP contribution < -0.4 is 15.6 Å². The van der Waals surface area contributed by atoms with Gasteiger partial charge >= 0.3 is 0 Å². The molecule has 0 fully saturated rings. The number of methoxy groups -OCH3 is 1. The maximum absolute atomic E-state index is 14.3. The number of ether oxygens (including phenoxy) is 1. The van der Waals surface area contributed by atoms with Gasteiger partial charge in [-0.25, -0.2) is 9.07 Å². The van der Waals surface area contributed by atoms with Crippen LogP contribution in [0, 0.1) is 5.82 Å². The van der Waals surface area contributed by atoms with Crippen LogP contribution in [0.2, 0.25) is 0 Å². The van der Waals surface area contributed by atoms with E-state index in [2.05, 4.69) is 10.4 Å². The number of Topliss-reactive ketones (excluding diaryl/α,β-unsaturated/α-hetero) is 1. The van der Waals surface area contributed by atoms with Crippen LogP contribution >= 0.6 is 0 Å². The van der Waals surface area contributed by atoms with Crippen LogP contribution in [0.25, 0.3) is 11.3 Å². The number of benzene rings is 2. The number of rotatable bonds is 6. The zero-order valence-corrected chi connectivity index (χ0v) is 15.8. The number of carbonyl (C=O) groups excluding carboxylic acids is 2. The molecule has 3 rings (SSSR count). The van der Waals surface area contributed by atoms with Crippen LogP contribution in [0.5, 0.6) is 5.75 Å². The second-order valence-electron chi connectivity index (χ2n) is 6.25. The van der Waals surface area contributed by atoms with Gasteiger partial charge in [0.25, 0.3) is 5.56 Å². The molecule has 0 unspecified atom stereocenters. The summed E-state index contributed by atoms with van der Waals surface area (Å²) in [5, 5.41) is 6.71. The Morgan fingerprint density at radius 2 is 1.93 bits per heavy atom. The molecule has 1 aromatic heterocycles. The lowest BCUT2D eigenvalue weighted by molar-refractivity contribution is -0.117. The number of nitrogens with one attached hydrogen (secondary N) is 1. The van der Waals surface area contributed by atoms with E-state index in [0.717, 1.165) is 4.68 Å². The Morgan fingerprint density at radius 1 is 1.14 bits per heavy atom. The van der Waals surface area contributed by atoms with Gasteiger partial charge in [-0.05, 0) is 37.3 Å². The molecule has 0 saturated heterocycles. The van der Waals surface area contributed by atoms with E-state index in [0.29, 0.717) is 17.0 Å². The van der Waals surface area contributed by atoms with Crippen LogP contribution in [-0.4, -0.2) is 28.6 Å². The number of carbonyl (C=O) groups is 2. The van der Waals surface area contributed by atoms with Crippen LogP contribution in [-0.2, 0) is 11.3 Å². The van der Waals surface area contributed by atoms with Gasteiger partial charge in [0.2, 0.25) is 5.91 Å². The summed E-state index contributed by atoms with van der Waals surface area (Å²) in [5.74, 6) is -0.847. The highest BCUT2D eigenvalue weighted by atomic mass is 19.1. The molecule has 7 nitrogen and oxygen atoms in total. The Hall–Kier alpha value is -3.81. The molecule has 1 heterocycles. The standard InChI is InChI=1S/C21H18FN3O4/c1-13(26)14-4-3-5-15(10-14)23-20(27)12-25-21(28)9-8-19(24-25)17-7-6-16(29-2)11-18(17)22/h3-11H,12H2,1-2H3,(H,23,27).